The van der Waals surface area contributed by atoms with Crippen molar-refractivity contribution in [3.8, 4) is 0 Å². The summed E-state index contributed by atoms with van der Waals surface area (Å²) in [7, 11) is 0. The first-order valence-electron chi connectivity index (χ1n) is 4.20. The Labute approximate surface area is 85.7 Å². The van der Waals surface area contributed by atoms with Crippen LogP contribution in [0, 0.1) is 17.0 Å². The largest absolute Gasteiger partial charge is 0.387 e. The molecule has 0 aliphatic carbocycles. The predicted octanol–water partition coefficient (Wildman–Crippen LogP) is 0.834. The number of non-ortho nitro benzene ring substituents is 1. The van der Waals surface area contributed by atoms with E-state index in [0.717, 1.165) is 0 Å². The van der Waals surface area contributed by atoms with Crippen LogP contribution in [0.1, 0.15) is 5.56 Å². The number of rotatable bonds is 3. The standard InChI is InChI=1S/C9H10N2O4/c1-6-2-3-7(11(14)15)4-8(6)10-9(13)5-12/h2-4,12H,5H2,1H3,(H,10,13). The maximum Gasteiger partial charge on any atom is 0.271 e. The molecule has 1 aromatic rings. The van der Waals surface area contributed by atoms with Crippen LogP contribution in [0.2, 0.25) is 0 Å². The molecular weight excluding hydrogens is 200 g/mol. The lowest BCUT2D eigenvalue weighted by molar-refractivity contribution is -0.384. The summed E-state index contributed by atoms with van der Waals surface area (Å²) >= 11 is 0. The SMILES string of the molecule is Cc1ccc([N+](=O)[O-])cc1NC(=O)CO. The number of aliphatic hydroxyl groups is 1. The van der Waals surface area contributed by atoms with E-state index in [-0.39, 0.29) is 5.69 Å². The third-order valence-corrected chi connectivity index (χ3v) is 1.85. The van der Waals surface area contributed by atoms with Gasteiger partial charge in [0.2, 0.25) is 5.91 Å². The van der Waals surface area contributed by atoms with Gasteiger partial charge >= 0.3 is 0 Å². The van der Waals surface area contributed by atoms with Crippen molar-refractivity contribution in [2.45, 2.75) is 6.92 Å². The zero-order valence-corrected chi connectivity index (χ0v) is 8.06. The van der Waals surface area contributed by atoms with E-state index in [9.17, 15) is 14.9 Å². The number of amides is 1. The molecule has 0 aliphatic heterocycles. The molecule has 1 amide bonds. The molecule has 0 bridgehead atoms. The summed E-state index contributed by atoms with van der Waals surface area (Å²) < 4.78 is 0. The fraction of sp³-hybridized carbons (Fsp3) is 0.222. The lowest BCUT2D eigenvalue weighted by Gasteiger charge is -2.06. The molecule has 0 saturated heterocycles. The minimum absolute atomic E-state index is 0.103. The Morgan fingerprint density at radius 1 is 1.60 bits per heavy atom. The molecule has 15 heavy (non-hydrogen) atoms. The van der Waals surface area contributed by atoms with Crippen LogP contribution < -0.4 is 5.32 Å². The number of benzene rings is 1. The van der Waals surface area contributed by atoms with Gasteiger partial charge in [-0.1, -0.05) is 6.07 Å². The predicted molar refractivity (Wildman–Crippen MR) is 53.5 cm³/mol. The first-order valence-corrected chi connectivity index (χ1v) is 4.20. The van der Waals surface area contributed by atoms with Crippen LogP contribution in [0.4, 0.5) is 11.4 Å². The van der Waals surface area contributed by atoms with E-state index >= 15 is 0 Å². The molecule has 1 rings (SSSR count). The van der Waals surface area contributed by atoms with Gasteiger partial charge in [0.1, 0.15) is 6.61 Å². The number of carbonyl (C=O) groups is 1. The number of nitrogens with one attached hydrogen (secondary N) is 1. The Hall–Kier alpha value is -1.95. The Balaban J connectivity index is 3.00. The molecule has 80 valence electrons. The summed E-state index contributed by atoms with van der Waals surface area (Å²) in [6.45, 7) is 1.05. The highest BCUT2D eigenvalue weighted by Gasteiger charge is 2.10. The average Bonchev–Trinajstić information content (AvgIpc) is 2.20. The molecule has 0 radical (unpaired) electrons. The van der Waals surface area contributed by atoms with Crippen LogP contribution in [0.3, 0.4) is 0 Å². The van der Waals surface area contributed by atoms with Crippen LogP contribution in [-0.4, -0.2) is 22.5 Å². The van der Waals surface area contributed by atoms with E-state index in [1.165, 1.54) is 18.2 Å². The van der Waals surface area contributed by atoms with Gasteiger partial charge in [-0.2, -0.15) is 0 Å². The lowest BCUT2D eigenvalue weighted by Crippen LogP contribution is -2.16. The van der Waals surface area contributed by atoms with Gasteiger partial charge in [-0.05, 0) is 12.5 Å². The summed E-state index contributed by atoms with van der Waals surface area (Å²) in [5.41, 5.74) is 0.930. The van der Waals surface area contributed by atoms with Crippen LogP contribution >= 0.6 is 0 Å². The minimum atomic E-state index is -0.651. The van der Waals surface area contributed by atoms with E-state index in [1.54, 1.807) is 6.92 Å². The molecule has 0 heterocycles. The van der Waals surface area contributed by atoms with Gasteiger partial charge in [-0.15, -0.1) is 0 Å². The van der Waals surface area contributed by atoms with Crippen molar-refractivity contribution in [3.05, 3.63) is 33.9 Å². The van der Waals surface area contributed by atoms with Crippen molar-refractivity contribution in [2.24, 2.45) is 0 Å². The van der Waals surface area contributed by atoms with Crippen molar-refractivity contribution < 1.29 is 14.8 Å². The molecule has 6 heteroatoms. The van der Waals surface area contributed by atoms with Gasteiger partial charge in [0.05, 0.1) is 10.6 Å². The maximum atomic E-state index is 10.9. The Bertz CT molecular complexity index is 403. The van der Waals surface area contributed by atoms with Crippen molar-refractivity contribution in [2.75, 3.05) is 11.9 Å². The fourth-order valence-electron chi connectivity index (χ4n) is 1.05. The number of aryl methyl sites for hydroxylation is 1. The minimum Gasteiger partial charge on any atom is -0.387 e. The molecule has 0 spiro atoms. The lowest BCUT2D eigenvalue weighted by atomic mass is 10.2. The molecule has 0 atom stereocenters. The molecule has 0 unspecified atom stereocenters. The van der Waals surface area contributed by atoms with Gasteiger partial charge < -0.3 is 10.4 Å². The van der Waals surface area contributed by atoms with Crippen LogP contribution in [0.15, 0.2) is 18.2 Å². The van der Waals surface area contributed by atoms with Crippen LogP contribution in [0.25, 0.3) is 0 Å². The molecule has 1 aromatic carbocycles. The van der Waals surface area contributed by atoms with Gasteiger partial charge in [0, 0.05) is 12.1 Å². The highest BCUT2D eigenvalue weighted by Crippen LogP contribution is 2.21. The smallest absolute Gasteiger partial charge is 0.271 e. The number of carbonyl (C=O) groups excluding carboxylic acids is 1. The average molecular weight is 210 g/mol. The second-order valence-electron chi connectivity index (χ2n) is 2.96. The van der Waals surface area contributed by atoms with Crippen molar-refractivity contribution in [3.63, 3.8) is 0 Å². The highest BCUT2D eigenvalue weighted by molar-refractivity contribution is 5.92. The highest BCUT2D eigenvalue weighted by atomic mass is 16.6. The zero-order chi connectivity index (χ0) is 11.4. The molecule has 0 saturated carbocycles. The number of hydrogen-bond acceptors (Lipinski definition) is 4. The third kappa shape index (κ3) is 2.75. The summed E-state index contributed by atoms with van der Waals surface area (Å²) in [6, 6.07) is 4.14. The third-order valence-electron chi connectivity index (χ3n) is 1.85. The Kier molecular flexibility index (Phi) is 3.35. The molecule has 6 nitrogen and oxygen atoms in total. The van der Waals surface area contributed by atoms with Crippen molar-refractivity contribution >= 4 is 17.3 Å². The van der Waals surface area contributed by atoms with Crippen LogP contribution in [0.5, 0.6) is 0 Å². The van der Waals surface area contributed by atoms with Crippen molar-refractivity contribution in [1.82, 2.24) is 0 Å². The normalized spacial score (nSPS) is 9.73. The van der Waals surface area contributed by atoms with E-state index in [1.807, 2.05) is 0 Å². The molecular formula is C9H10N2O4. The van der Waals surface area contributed by atoms with E-state index in [0.29, 0.717) is 11.3 Å². The number of aliphatic hydroxyl groups excluding tert-OH is 1. The van der Waals surface area contributed by atoms with Gasteiger partial charge in [0.25, 0.3) is 5.69 Å². The summed E-state index contributed by atoms with van der Waals surface area (Å²) in [5, 5.41) is 21.3. The number of nitro benzene ring substituents is 1. The van der Waals surface area contributed by atoms with E-state index in [2.05, 4.69) is 5.32 Å². The van der Waals surface area contributed by atoms with Gasteiger partial charge in [0.15, 0.2) is 0 Å². The van der Waals surface area contributed by atoms with Gasteiger partial charge in [-0.25, -0.2) is 0 Å². The molecule has 2 N–H and O–H groups in total. The number of anilines is 1. The topological polar surface area (TPSA) is 92.5 Å². The van der Waals surface area contributed by atoms with E-state index in [4.69, 9.17) is 5.11 Å². The molecule has 0 fully saturated rings. The fourth-order valence-corrected chi connectivity index (χ4v) is 1.05. The second kappa shape index (κ2) is 4.52. The van der Waals surface area contributed by atoms with Gasteiger partial charge in [-0.3, -0.25) is 14.9 Å². The first kappa shape index (κ1) is 11.1. The monoisotopic (exact) mass is 210 g/mol. The number of hydrogen-bond donors (Lipinski definition) is 2. The summed E-state index contributed by atoms with van der Waals surface area (Å²) in [6.07, 6.45) is 0. The quantitative estimate of drug-likeness (QED) is 0.571. The summed E-state index contributed by atoms with van der Waals surface area (Å²) in [5.74, 6) is -0.599. The number of nitrogens with zero attached hydrogens (tertiary/aromatic N) is 1. The Morgan fingerprint density at radius 2 is 2.27 bits per heavy atom. The van der Waals surface area contributed by atoms with E-state index < -0.39 is 17.4 Å². The molecule has 0 aromatic heterocycles. The molecule has 0 aliphatic rings. The second-order valence-corrected chi connectivity index (χ2v) is 2.96. The maximum absolute atomic E-state index is 10.9. The van der Waals surface area contributed by atoms with Crippen LogP contribution in [-0.2, 0) is 4.79 Å². The Morgan fingerprint density at radius 3 is 2.80 bits per heavy atom. The summed E-state index contributed by atoms with van der Waals surface area (Å²) in [4.78, 5) is 20.8. The van der Waals surface area contributed by atoms with Crippen molar-refractivity contribution in [1.29, 1.82) is 0 Å². The number of nitro groups is 1. The first-order chi connectivity index (χ1) is 7.04. The zero-order valence-electron chi connectivity index (χ0n) is 8.06.